The molecule has 0 saturated carbocycles. The van der Waals surface area contributed by atoms with Gasteiger partial charge in [0.15, 0.2) is 12.0 Å². The molecule has 1 aromatic heterocycles. The van der Waals surface area contributed by atoms with Crippen molar-refractivity contribution in [2.24, 2.45) is 0 Å². The van der Waals surface area contributed by atoms with E-state index in [9.17, 15) is 15.0 Å². The highest BCUT2D eigenvalue weighted by atomic mass is 16.6. The van der Waals surface area contributed by atoms with E-state index in [2.05, 4.69) is 10.5 Å². The molecule has 3 rings (SSSR count). The minimum Gasteiger partial charge on any atom is -0.394 e. The van der Waals surface area contributed by atoms with Crippen LogP contribution in [0.2, 0.25) is 0 Å². The first-order valence-electron chi connectivity index (χ1n) is 7.73. The molecule has 1 aromatic carbocycles. The van der Waals surface area contributed by atoms with Gasteiger partial charge < -0.3 is 20.1 Å². The monoisotopic (exact) mass is 349 g/mol. The molecule has 9 nitrogen and oxygen atoms in total. The minimum atomic E-state index is -1.34. The number of anilines is 1. The van der Waals surface area contributed by atoms with Gasteiger partial charge in [-0.1, -0.05) is 30.3 Å². The number of nitrogens with one attached hydrogen (secondary N) is 1. The fourth-order valence-electron chi connectivity index (χ4n) is 2.54. The standard InChI is InChI=1S/C16H19N3O6/c20-8-11-13(21)14(22)15(25-11)19-7-6-12(17-16(19)23)18-24-9-10-4-2-1-3-5-10/h1-7,11,13-15,20-22H,8-9H2,(H,17,18,23)/t11-,13-,14-,15-/m1/s1. The van der Waals surface area contributed by atoms with Crippen LogP contribution in [0.3, 0.4) is 0 Å². The second-order valence-electron chi connectivity index (χ2n) is 5.61. The molecule has 1 aliphatic rings. The fourth-order valence-corrected chi connectivity index (χ4v) is 2.54. The summed E-state index contributed by atoms with van der Waals surface area (Å²) in [6, 6.07) is 10.9. The second-order valence-corrected chi connectivity index (χ2v) is 5.61. The summed E-state index contributed by atoms with van der Waals surface area (Å²) in [5.74, 6) is 0.198. The second kappa shape index (κ2) is 7.72. The van der Waals surface area contributed by atoms with Gasteiger partial charge in [0.25, 0.3) is 0 Å². The summed E-state index contributed by atoms with van der Waals surface area (Å²) in [5.41, 5.74) is 2.84. The van der Waals surface area contributed by atoms with Crippen molar-refractivity contribution in [2.45, 2.75) is 31.1 Å². The highest BCUT2D eigenvalue weighted by molar-refractivity contribution is 5.29. The van der Waals surface area contributed by atoms with Crippen LogP contribution in [0, 0.1) is 0 Å². The Kier molecular flexibility index (Phi) is 5.41. The third-order valence-electron chi connectivity index (χ3n) is 3.88. The molecule has 0 bridgehead atoms. The molecule has 9 heteroatoms. The average molecular weight is 349 g/mol. The van der Waals surface area contributed by atoms with E-state index in [1.165, 1.54) is 12.3 Å². The molecule has 4 atom stereocenters. The Morgan fingerprint density at radius 1 is 1.20 bits per heavy atom. The Hall–Kier alpha value is -2.30. The average Bonchev–Trinajstić information content (AvgIpc) is 2.91. The summed E-state index contributed by atoms with van der Waals surface area (Å²) < 4.78 is 6.35. The Bertz CT molecular complexity index is 753. The number of hydrogen-bond donors (Lipinski definition) is 4. The zero-order valence-electron chi connectivity index (χ0n) is 13.2. The number of aliphatic hydroxyl groups excluding tert-OH is 3. The molecule has 0 amide bonds. The van der Waals surface area contributed by atoms with Crippen molar-refractivity contribution in [3.8, 4) is 0 Å². The van der Waals surface area contributed by atoms with Crippen molar-refractivity contribution in [3.05, 3.63) is 58.6 Å². The van der Waals surface area contributed by atoms with Crippen molar-refractivity contribution in [1.29, 1.82) is 0 Å². The summed E-state index contributed by atoms with van der Waals surface area (Å²) in [5, 5.41) is 28.8. The van der Waals surface area contributed by atoms with Crippen LogP contribution in [0.5, 0.6) is 0 Å². The molecule has 0 aliphatic carbocycles. The van der Waals surface area contributed by atoms with E-state index >= 15 is 0 Å². The molecule has 0 spiro atoms. The van der Waals surface area contributed by atoms with Crippen LogP contribution < -0.4 is 11.2 Å². The van der Waals surface area contributed by atoms with E-state index in [0.29, 0.717) is 6.61 Å². The third kappa shape index (κ3) is 3.86. The molecule has 1 saturated heterocycles. The number of benzene rings is 1. The van der Waals surface area contributed by atoms with Crippen molar-refractivity contribution in [1.82, 2.24) is 9.55 Å². The van der Waals surface area contributed by atoms with Gasteiger partial charge in [0.2, 0.25) is 0 Å². The lowest BCUT2D eigenvalue weighted by molar-refractivity contribution is -0.0549. The normalized spacial score (nSPS) is 25.9. The Morgan fingerprint density at radius 3 is 2.60 bits per heavy atom. The fraction of sp³-hybridized carbons (Fsp3) is 0.375. The zero-order valence-corrected chi connectivity index (χ0v) is 13.2. The van der Waals surface area contributed by atoms with E-state index in [-0.39, 0.29) is 5.82 Å². The van der Waals surface area contributed by atoms with Crippen LogP contribution in [0.25, 0.3) is 0 Å². The Labute approximate surface area is 143 Å². The number of hydrogen-bond acceptors (Lipinski definition) is 8. The lowest BCUT2D eigenvalue weighted by Gasteiger charge is -2.17. The lowest BCUT2D eigenvalue weighted by atomic mass is 10.1. The molecule has 1 fully saturated rings. The lowest BCUT2D eigenvalue weighted by Crippen LogP contribution is -2.36. The molecule has 1 aliphatic heterocycles. The molecular weight excluding hydrogens is 330 g/mol. The van der Waals surface area contributed by atoms with Crippen LogP contribution in [0.1, 0.15) is 11.8 Å². The van der Waals surface area contributed by atoms with Crippen molar-refractivity contribution >= 4 is 5.82 Å². The predicted octanol–water partition coefficient (Wildman–Crippen LogP) is -0.602. The highest BCUT2D eigenvalue weighted by Gasteiger charge is 2.43. The van der Waals surface area contributed by atoms with E-state index in [1.54, 1.807) is 0 Å². The van der Waals surface area contributed by atoms with Crippen molar-refractivity contribution in [3.63, 3.8) is 0 Å². The first kappa shape index (κ1) is 17.5. The van der Waals surface area contributed by atoms with Crippen molar-refractivity contribution in [2.75, 3.05) is 12.1 Å². The van der Waals surface area contributed by atoms with E-state index in [4.69, 9.17) is 14.7 Å². The number of nitrogens with zero attached hydrogens (tertiary/aromatic N) is 2. The van der Waals surface area contributed by atoms with E-state index in [0.717, 1.165) is 10.1 Å². The van der Waals surface area contributed by atoms with E-state index in [1.807, 2.05) is 30.3 Å². The molecule has 4 N–H and O–H groups in total. The number of aromatic nitrogens is 2. The Morgan fingerprint density at radius 2 is 1.96 bits per heavy atom. The van der Waals surface area contributed by atoms with E-state index < -0.39 is 36.8 Å². The summed E-state index contributed by atoms with van der Waals surface area (Å²) in [4.78, 5) is 21.2. The molecular formula is C16H19N3O6. The van der Waals surface area contributed by atoms with Crippen LogP contribution in [0.15, 0.2) is 47.4 Å². The Balaban J connectivity index is 1.64. The quantitative estimate of drug-likeness (QED) is 0.509. The van der Waals surface area contributed by atoms with Crippen LogP contribution in [0.4, 0.5) is 5.82 Å². The maximum absolute atomic E-state index is 12.1. The van der Waals surface area contributed by atoms with Gasteiger partial charge in [-0.3, -0.25) is 9.40 Å². The van der Waals surface area contributed by atoms with Gasteiger partial charge in [-0.25, -0.2) is 10.3 Å². The van der Waals surface area contributed by atoms with Gasteiger partial charge in [0.05, 0.1) is 13.2 Å². The molecule has 0 unspecified atom stereocenters. The predicted molar refractivity (Wildman–Crippen MR) is 86.4 cm³/mol. The SMILES string of the molecule is O=c1nc(NOCc2ccccc2)ccn1[C@@H]1O[C@H](CO)[C@@H](O)[C@H]1O. The third-order valence-corrected chi connectivity index (χ3v) is 3.88. The van der Waals surface area contributed by atoms with Gasteiger partial charge in [0.1, 0.15) is 18.3 Å². The maximum Gasteiger partial charge on any atom is 0.351 e. The zero-order chi connectivity index (χ0) is 17.8. The molecule has 0 radical (unpaired) electrons. The molecule has 2 heterocycles. The smallest absolute Gasteiger partial charge is 0.351 e. The number of ether oxygens (including phenoxy) is 1. The first-order valence-corrected chi connectivity index (χ1v) is 7.73. The van der Waals surface area contributed by atoms with Crippen LogP contribution in [-0.2, 0) is 16.2 Å². The first-order chi connectivity index (χ1) is 12.1. The molecule has 2 aromatic rings. The maximum atomic E-state index is 12.1. The van der Waals surface area contributed by atoms with Crippen LogP contribution >= 0.6 is 0 Å². The highest BCUT2D eigenvalue weighted by Crippen LogP contribution is 2.28. The summed E-state index contributed by atoms with van der Waals surface area (Å²) >= 11 is 0. The molecule has 134 valence electrons. The van der Waals surface area contributed by atoms with Crippen molar-refractivity contribution < 1.29 is 24.9 Å². The molecule has 25 heavy (non-hydrogen) atoms. The largest absolute Gasteiger partial charge is 0.394 e. The van der Waals surface area contributed by atoms with Gasteiger partial charge in [0, 0.05) is 6.20 Å². The number of rotatable bonds is 6. The summed E-state index contributed by atoms with van der Waals surface area (Å²) in [6.07, 6.45) is -3.34. The number of aliphatic hydroxyl groups is 3. The van der Waals surface area contributed by atoms with Crippen LogP contribution in [-0.4, -0.2) is 49.8 Å². The topological polar surface area (TPSA) is 126 Å². The van der Waals surface area contributed by atoms with Gasteiger partial charge in [-0.2, -0.15) is 4.98 Å². The summed E-state index contributed by atoms with van der Waals surface area (Å²) in [6.45, 7) is -0.176. The minimum absolute atomic E-state index is 0.198. The summed E-state index contributed by atoms with van der Waals surface area (Å²) in [7, 11) is 0. The van der Waals surface area contributed by atoms with Gasteiger partial charge in [-0.15, -0.1) is 0 Å². The van der Waals surface area contributed by atoms with Gasteiger partial charge in [-0.05, 0) is 11.6 Å². The van der Waals surface area contributed by atoms with Gasteiger partial charge >= 0.3 is 5.69 Å².